The molecule has 0 bridgehead atoms. The Morgan fingerprint density at radius 3 is 2.46 bits per heavy atom. The number of benzene rings is 1. The molecule has 148 valence electrons. The third-order valence-corrected chi connectivity index (χ3v) is 6.23. The molecule has 0 aromatic heterocycles. The zero-order valence-electron chi connectivity index (χ0n) is 16.6. The second kappa shape index (κ2) is 12.8. The minimum atomic E-state index is 0. The number of halogens is 1. The molecule has 4 nitrogen and oxygen atoms in total. The van der Waals surface area contributed by atoms with Crippen molar-refractivity contribution in [3.05, 3.63) is 35.4 Å². The maximum Gasteiger partial charge on any atom is 0.191 e. The van der Waals surface area contributed by atoms with Crippen molar-refractivity contribution in [1.29, 1.82) is 0 Å². The smallest absolute Gasteiger partial charge is 0.191 e. The molecule has 2 atom stereocenters. The number of aliphatic imine (C=N–C) groups is 1. The van der Waals surface area contributed by atoms with Gasteiger partial charge < -0.3 is 10.6 Å². The first kappa shape index (κ1) is 23.6. The van der Waals surface area contributed by atoms with Gasteiger partial charge >= 0.3 is 0 Å². The van der Waals surface area contributed by atoms with Gasteiger partial charge in [0, 0.05) is 31.4 Å². The van der Waals surface area contributed by atoms with Gasteiger partial charge in [-0.3, -0.25) is 9.89 Å². The molecule has 0 saturated heterocycles. The third kappa shape index (κ3) is 7.27. The molecule has 1 fully saturated rings. The molecule has 2 N–H and O–H groups in total. The van der Waals surface area contributed by atoms with E-state index in [0.29, 0.717) is 6.04 Å². The van der Waals surface area contributed by atoms with Crippen LogP contribution in [-0.4, -0.2) is 48.5 Å². The summed E-state index contributed by atoms with van der Waals surface area (Å²) in [7, 11) is 1.86. The van der Waals surface area contributed by atoms with Gasteiger partial charge in [0.25, 0.3) is 0 Å². The number of hydrogen-bond acceptors (Lipinski definition) is 3. The highest BCUT2D eigenvalue weighted by Gasteiger charge is 2.24. The molecule has 26 heavy (non-hydrogen) atoms. The summed E-state index contributed by atoms with van der Waals surface area (Å²) >= 11 is 1.99. The fourth-order valence-electron chi connectivity index (χ4n) is 3.42. The maximum atomic E-state index is 4.42. The van der Waals surface area contributed by atoms with Crippen molar-refractivity contribution in [3.8, 4) is 0 Å². The Labute approximate surface area is 181 Å². The number of nitrogens with one attached hydrogen (secondary N) is 2. The fraction of sp³-hybridized carbons (Fsp3) is 0.650. The van der Waals surface area contributed by atoms with E-state index in [9.17, 15) is 0 Å². The second-order valence-corrected chi connectivity index (χ2v) is 7.81. The number of hydrogen-bond donors (Lipinski definition) is 2. The lowest BCUT2D eigenvalue weighted by Gasteiger charge is -2.21. The largest absolute Gasteiger partial charge is 0.354 e. The maximum absolute atomic E-state index is 4.42. The molecule has 0 amide bonds. The molecule has 6 heteroatoms. The van der Waals surface area contributed by atoms with Crippen LogP contribution in [0.1, 0.15) is 44.2 Å². The Bertz CT molecular complexity index is 548. The zero-order chi connectivity index (χ0) is 18.1. The molecule has 2 unspecified atom stereocenters. The van der Waals surface area contributed by atoms with Crippen LogP contribution in [0.2, 0.25) is 0 Å². The van der Waals surface area contributed by atoms with E-state index in [2.05, 4.69) is 64.9 Å². The molecule has 2 rings (SSSR count). The van der Waals surface area contributed by atoms with Crippen molar-refractivity contribution in [3.63, 3.8) is 0 Å². The number of rotatable bonds is 8. The summed E-state index contributed by atoms with van der Waals surface area (Å²) in [4.78, 5) is 6.87. The molecule has 0 aliphatic heterocycles. The Kier molecular flexibility index (Phi) is 11.6. The van der Waals surface area contributed by atoms with E-state index < -0.39 is 0 Å². The van der Waals surface area contributed by atoms with Crippen LogP contribution in [0.3, 0.4) is 0 Å². The molecular formula is C20H35IN4S. The molecule has 1 aromatic rings. The summed E-state index contributed by atoms with van der Waals surface area (Å²) in [6, 6.07) is 9.27. The van der Waals surface area contributed by atoms with Crippen LogP contribution in [-0.2, 0) is 13.1 Å². The quantitative estimate of drug-likeness (QED) is 0.327. The lowest BCUT2D eigenvalue weighted by molar-refractivity contribution is 0.295. The second-order valence-electron chi connectivity index (χ2n) is 6.67. The molecule has 1 saturated carbocycles. The van der Waals surface area contributed by atoms with Gasteiger partial charge in [-0.2, -0.15) is 11.8 Å². The highest BCUT2D eigenvalue weighted by molar-refractivity contribution is 14.0. The van der Waals surface area contributed by atoms with Gasteiger partial charge in [-0.1, -0.05) is 38.1 Å². The first-order chi connectivity index (χ1) is 12.2. The predicted molar refractivity (Wildman–Crippen MR) is 127 cm³/mol. The lowest BCUT2D eigenvalue weighted by atomic mass is 10.1. The predicted octanol–water partition coefficient (Wildman–Crippen LogP) is 4.10. The van der Waals surface area contributed by atoms with Crippen LogP contribution < -0.4 is 10.6 Å². The molecule has 0 radical (unpaired) electrons. The Balaban J connectivity index is 0.00000338. The molecule has 1 aliphatic rings. The van der Waals surface area contributed by atoms with Crippen molar-refractivity contribution >= 4 is 41.7 Å². The summed E-state index contributed by atoms with van der Waals surface area (Å²) < 4.78 is 0. The van der Waals surface area contributed by atoms with Crippen LogP contribution in [0.25, 0.3) is 0 Å². The zero-order valence-corrected chi connectivity index (χ0v) is 19.8. The number of thioether (sulfide) groups is 1. The normalized spacial score (nSPS) is 20.1. The van der Waals surface area contributed by atoms with Crippen molar-refractivity contribution < 1.29 is 0 Å². The Hall–Kier alpha value is -0.470. The lowest BCUT2D eigenvalue weighted by Crippen LogP contribution is -2.42. The summed E-state index contributed by atoms with van der Waals surface area (Å²) in [5.41, 5.74) is 2.75. The highest BCUT2D eigenvalue weighted by atomic mass is 127. The average molecular weight is 490 g/mol. The van der Waals surface area contributed by atoms with Gasteiger partial charge in [-0.25, -0.2) is 0 Å². The third-order valence-electron chi connectivity index (χ3n) is 5.14. The van der Waals surface area contributed by atoms with Gasteiger partial charge in [0.05, 0.1) is 0 Å². The molecule has 1 aliphatic carbocycles. The van der Waals surface area contributed by atoms with Crippen LogP contribution in [0, 0.1) is 0 Å². The van der Waals surface area contributed by atoms with E-state index in [1.807, 2.05) is 18.8 Å². The van der Waals surface area contributed by atoms with Crippen molar-refractivity contribution in [2.75, 3.05) is 26.4 Å². The van der Waals surface area contributed by atoms with E-state index in [4.69, 9.17) is 0 Å². The van der Waals surface area contributed by atoms with Crippen molar-refractivity contribution in [2.24, 2.45) is 4.99 Å². The van der Waals surface area contributed by atoms with E-state index >= 15 is 0 Å². The van der Waals surface area contributed by atoms with E-state index in [0.717, 1.165) is 37.4 Å². The molecule has 0 heterocycles. The first-order valence-electron chi connectivity index (χ1n) is 9.49. The number of guanidine groups is 1. The topological polar surface area (TPSA) is 39.7 Å². The molecular weight excluding hydrogens is 455 g/mol. The monoisotopic (exact) mass is 490 g/mol. The highest BCUT2D eigenvalue weighted by Crippen LogP contribution is 2.28. The van der Waals surface area contributed by atoms with Crippen LogP contribution in [0.4, 0.5) is 0 Å². The van der Waals surface area contributed by atoms with Gasteiger partial charge in [0.1, 0.15) is 0 Å². The van der Waals surface area contributed by atoms with Crippen molar-refractivity contribution in [2.45, 2.75) is 57.5 Å². The summed E-state index contributed by atoms with van der Waals surface area (Å²) in [6.07, 6.45) is 6.00. The summed E-state index contributed by atoms with van der Waals surface area (Å²) in [5.74, 6) is 0.921. The van der Waals surface area contributed by atoms with Crippen LogP contribution in [0.15, 0.2) is 29.3 Å². The fourth-order valence-corrected chi connectivity index (χ4v) is 4.22. The van der Waals surface area contributed by atoms with Gasteiger partial charge in [-0.05, 0) is 49.7 Å². The molecule has 1 aromatic carbocycles. The standard InChI is InChI=1S/C20H34N4S.HI/c1-5-24(6-2)15-17-10-8-7-9-16(17)14-22-20(21-3)23-18-11-12-19(13-18)25-4;/h7-10,18-19H,5-6,11-15H2,1-4H3,(H2,21,22,23);1H. The Morgan fingerprint density at radius 2 is 1.88 bits per heavy atom. The summed E-state index contributed by atoms with van der Waals surface area (Å²) in [5, 5.41) is 7.90. The van der Waals surface area contributed by atoms with Crippen LogP contribution in [0.5, 0.6) is 0 Å². The van der Waals surface area contributed by atoms with Crippen LogP contribution >= 0.6 is 35.7 Å². The minimum Gasteiger partial charge on any atom is -0.354 e. The van der Waals surface area contributed by atoms with Crippen molar-refractivity contribution in [1.82, 2.24) is 15.5 Å². The minimum absolute atomic E-state index is 0. The first-order valence-corrected chi connectivity index (χ1v) is 10.8. The van der Waals surface area contributed by atoms with Gasteiger partial charge in [0.15, 0.2) is 5.96 Å². The SMILES string of the molecule is CCN(CC)Cc1ccccc1CNC(=NC)NC1CCC(SC)C1.I. The van der Waals surface area contributed by atoms with E-state index in [1.54, 1.807) is 0 Å². The van der Waals surface area contributed by atoms with Gasteiger partial charge in [0.2, 0.25) is 0 Å². The average Bonchev–Trinajstić information content (AvgIpc) is 3.11. The molecule has 0 spiro atoms. The number of nitrogens with zero attached hydrogens (tertiary/aromatic N) is 2. The van der Waals surface area contributed by atoms with Gasteiger partial charge in [-0.15, -0.1) is 24.0 Å². The summed E-state index contributed by atoms with van der Waals surface area (Å²) in [6.45, 7) is 8.43. The van der Waals surface area contributed by atoms with E-state index in [-0.39, 0.29) is 24.0 Å². The Morgan fingerprint density at radius 1 is 1.19 bits per heavy atom. The van der Waals surface area contributed by atoms with E-state index in [1.165, 1.54) is 30.4 Å².